The van der Waals surface area contributed by atoms with Gasteiger partial charge in [-0.3, -0.25) is 9.55 Å². The lowest BCUT2D eigenvalue weighted by Crippen LogP contribution is -2.44. The van der Waals surface area contributed by atoms with Crippen molar-refractivity contribution in [3.05, 3.63) is 83.1 Å². The molecule has 2 aromatic heterocycles. The molecule has 0 spiro atoms. The lowest BCUT2D eigenvalue weighted by molar-refractivity contribution is 0.204. The van der Waals surface area contributed by atoms with Crippen LogP contribution in [0.25, 0.3) is 38.8 Å². The Labute approximate surface area is 237 Å². The first-order valence-corrected chi connectivity index (χ1v) is 13.6. The molecule has 1 N–H and O–H groups in total. The van der Waals surface area contributed by atoms with E-state index in [1.165, 1.54) is 5.56 Å². The maximum Gasteiger partial charge on any atom is 0.434 e. The Morgan fingerprint density at radius 1 is 0.951 bits per heavy atom. The van der Waals surface area contributed by atoms with E-state index in [4.69, 9.17) is 4.98 Å². The summed E-state index contributed by atoms with van der Waals surface area (Å²) in [6.07, 6.45) is 0.453. The summed E-state index contributed by atoms with van der Waals surface area (Å²) in [5.74, 6) is 0. The van der Waals surface area contributed by atoms with Gasteiger partial charge in [-0.2, -0.15) is 5.26 Å². The number of likely N-dealkylation sites (N-methyl/N-ethyl adjacent to an activating group) is 1. The van der Waals surface area contributed by atoms with Crippen molar-refractivity contribution in [3.63, 3.8) is 0 Å². The van der Waals surface area contributed by atoms with Crippen LogP contribution in [0.5, 0.6) is 0 Å². The first-order valence-electron chi connectivity index (χ1n) is 13.6. The van der Waals surface area contributed by atoms with Crippen LogP contribution in [0.2, 0.25) is 0 Å². The second-order valence-corrected chi connectivity index (χ2v) is 10.7. The van der Waals surface area contributed by atoms with Crippen molar-refractivity contribution in [1.82, 2.24) is 19.0 Å². The Morgan fingerprint density at radius 2 is 1.66 bits per heavy atom. The van der Waals surface area contributed by atoms with E-state index in [9.17, 15) is 15.2 Å². The number of carbonyl (C=O) groups is 1. The van der Waals surface area contributed by atoms with E-state index in [2.05, 4.69) is 65.2 Å². The summed E-state index contributed by atoms with van der Waals surface area (Å²) in [4.78, 5) is 25.2. The monoisotopic (exact) mass is 545 g/mol. The first-order chi connectivity index (χ1) is 19.7. The third kappa shape index (κ3) is 4.62. The predicted molar refractivity (Wildman–Crippen MR) is 160 cm³/mol. The zero-order chi connectivity index (χ0) is 28.8. The van der Waals surface area contributed by atoms with E-state index in [0.717, 1.165) is 70.5 Å². The Bertz CT molecular complexity index is 1940. The van der Waals surface area contributed by atoms with Crippen LogP contribution in [0, 0.1) is 25.2 Å². The average Bonchev–Trinajstić information content (AvgIpc) is 3.24. The van der Waals surface area contributed by atoms with E-state index < -0.39 is 6.09 Å². The van der Waals surface area contributed by atoms with Crippen molar-refractivity contribution in [1.29, 1.82) is 5.26 Å². The molecule has 206 valence electrons. The van der Waals surface area contributed by atoms with Gasteiger partial charge < -0.3 is 19.5 Å². The molecule has 1 saturated heterocycles. The minimum atomic E-state index is -1.30. The number of imidazole rings is 1. The lowest BCUT2D eigenvalue weighted by atomic mass is 10.0. The van der Waals surface area contributed by atoms with Gasteiger partial charge in [0.05, 0.1) is 39.7 Å². The first kappa shape index (κ1) is 26.3. The van der Waals surface area contributed by atoms with Crippen LogP contribution in [-0.4, -0.2) is 63.4 Å². The van der Waals surface area contributed by atoms with Gasteiger partial charge in [-0.25, -0.2) is 4.79 Å². The lowest BCUT2D eigenvalue weighted by Gasteiger charge is -2.34. The number of piperazine rings is 1. The highest BCUT2D eigenvalue weighted by Gasteiger charge is 2.22. The zero-order valence-corrected chi connectivity index (χ0v) is 23.6. The van der Waals surface area contributed by atoms with Crippen LogP contribution < -0.4 is 10.5 Å². The molecule has 1 aliphatic heterocycles. The van der Waals surface area contributed by atoms with Gasteiger partial charge in [-0.05, 0) is 61.9 Å². The van der Waals surface area contributed by atoms with Gasteiger partial charge in [-0.15, -0.1) is 4.99 Å². The van der Waals surface area contributed by atoms with Gasteiger partial charge in [0, 0.05) is 38.6 Å². The number of carboxylic acid groups (broad SMARTS) is 1. The van der Waals surface area contributed by atoms with Crippen LogP contribution in [0.3, 0.4) is 0 Å². The summed E-state index contributed by atoms with van der Waals surface area (Å²) in [6.45, 7) is 7.58. The van der Waals surface area contributed by atoms with Gasteiger partial charge in [0.15, 0.2) is 0 Å². The molecule has 5 aromatic rings. The third-order valence-electron chi connectivity index (χ3n) is 8.01. The van der Waals surface area contributed by atoms with E-state index in [0.29, 0.717) is 11.3 Å². The van der Waals surface area contributed by atoms with E-state index in [1.54, 1.807) is 17.8 Å². The SMILES string of the molecule is Cc1ccc(-c2ccc3ncc4c(c3c2)n(-c2cc(C#N)c(N3CCN(C)CC3)cc2C)/c(=N/C(=O)O)n4C)cc1. The van der Waals surface area contributed by atoms with Gasteiger partial charge >= 0.3 is 6.09 Å². The number of rotatable bonds is 3. The third-order valence-corrected chi connectivity index (χ3v) is 8.01. The fourth-order valence-electron chi connectivity index (χ4n) is 5.69. The minimum absolute atomic E-state index is 0.238. The number of pyridine rings is 1. The highest BCUT2D eigenvalue weighted by molar-refractivity contribution is 6.04. The van der Waals surface area contributed by atoms with E-state index >= 15 is 0 Å². The summed E-state index contributed by atoms with van der Waals surface area (Å²) >= 11 is 0. The zero-order valence-electron chi connectivity index (χ0n) is 23.6. The molecule has 0 radical (unpaired) electrons. The predicted octanol–water partition coefficient (Wildman–Crippen LogP) is 5.00. The summed E-state index contributed by atoms with van der Waals surface area (Å²) in [5, 5.41) is 20.8. The molecule has 3 heterocycles. The molecule has 3 aromatic carbocycles. The fraction of sp³-hybridized carbons (Fsp3) is 0.250. The van der Waals surface area contributed by atoms with Crippen LogP contribution in [0.15, 0.2) is 65.8 Å². The number of benzene rings is 3. The number of amides is 1. The number of nitrogens with zero attached hydrogens (tertiary/aromatic N) is 7. The Kier molecular flexibility index (Phi) is 6.56. The quantitative estimate of drug-likeness (QED) is 0.342. The van der Waals surface area contributed by atoms with Crippen LogP contribution in [0.1, 0.15) is 16.7 Å². The molecule has 0 aliphatic carbocycles. The molecule has 9 nitrogen and oxygen atoms in total. The van der Waals surface area contributed by atoms with E-state index in [-0.39, 0.29) is 5.62 Å². The summed E-state index contributed by atoms with van der Waals surface area (Å²) in [7, 11) is 3.89. The normalized spacial score (nSPS) is 14.6. The number of hydrogen-bond donors (Lipinski definition) is 1. The fourth-order valence-corrected chi connectivity index (χ4v) is 5.69. The maximum absolute atomic E-state index is 11.9. The second-order valence-electron chi connectivity index (χ2n) is 10.7. The van der Waals surface area contributed by atoms with Crippen molar-refractivity contribution in [2.75, 3.05) is 38.1 Å². The summed E-state index contributed by atoms with van der Waals surface area (Å²) in [5.41, 5.74) is 8.88. The number of aromatic nitrogens is 3. The molecule has 0 bridgehead atoms. The number of fused-ring (bicyclic) bond motifs is 3. The molecule has 41 heavy (non-hydrogen) atoms. The number of hydrogen-bond acceptors (Lipinski definition) is 5. The molecule has 0 unspecified atom stereocenters. The molecule has 6 rings (SSSR count). The van der Waals surface area contributed by atoms with Gasteiger partial charge in [0.1, 0.15) is 6.07 Å². The minimum Gasteiger partial charge on any atom is -0.463 e. The Balaban J connectivity index is 1.65. The molecule has 1 amide bonds. The number of anilines is 1. The van der Waals surface area contributed by atoms with Crippen LogP contribution >= 0.6 is 0 Å². The van der Waals surface area contributed by atoms with Crippen molar-refractivity contribution < 1.29 is 9.90 Å². The second kappa shape index (κ2) is 10.2. The highest BCUT2D eigenvalue weighted by Crippen LogP contribution is 2.33. The molecule has 1 aliphatic rings. The molecule has 0 atom stereocenters. The largest absolute Gasteiger partial charge is 0.463 e. The van der Waals surface area contributed by atoms with Crippen molar-refractivity contribution in [2.24, 2.45) is 12.0 Å². The van der Waals surface area contributed by atoms with Gasteiger partial charge in [0.25, 0.3) is 0 Å². The number of nitriles is 1. The highest BCUT2D eigenvalue weighted by atomic mass is 16.4. The standard InChI is InChI=1S/C32H31N7O2/c1-20-5-7-22(8-6-20)23-9-10-26-25(16-23)30-29(19-34-26)37(4)31(35-32(40)41)39(30)27-17-24(18-33)28(15-21(27)2)38-13-11-36(3)12-14-38/h5-10,15-17,19H,11-14H2,1-4H3,(H,40,41)/b35-31+. The Morgan fingerprint density at radius 3 is 2.34 bits per heavy atom. The smallest absolute Gasteiger partial charge is 0.434 e. The van der Waals surface area contributed by atoms with Crippen LogP contribution in [-0.2, 0) is 7.05 Å². The number of aryl methyl sites for hydroxylation is 3. The van der Waals surface area contributed by atoms with E-state index in [1.807, 2.05) is 35.8 Å². The molecule has 9 heteroatoms. The average molecular weight is 546 g/mol. The maximum atomic E-state index is 11.9. The van der Waals surface area contributed by atoms with Gasteiger partial charge in [-0.1, -0.05) is 35.9 Å². The summed E-state index contributed by atoms with van der Waals surface area (Å²) in [6, 6.07) is 20.8. The van der Waals surface area contributed by atoms with Crippen LogP contribution in [0.4, 0.5) is 10.5 Å². The van der Waals surface area contributed by atoms with Gasteiger partial charge in [0.2, 0.25) is 5.62 Å². The molecular weight excluding hydrogens is 514 g/mol. The topological polar surface area (TPSA) is 103 Å². The molecular formula is C32H31N7O2. The van der Waals surface area contributed by atoms with Crippen molar-refractivity contribution in [2.45, 2.75) is 13.8 Å². The molecule has 0 saturated carbocycles. The van der Waals surface area contributed by atoms with Crippen molar-refractivity contribution >= 4 is 33.7 Å². The molecule has 1 fully saturated rings. The Hall–Kier alpha value is -4.94. The summed E-state index contributed by atoms with van der Waals surface area (Å²) < 4.78 is 3.60. The van der Waals surface area contributed by atoms with Crippen molar-refractivity contribution in [3.8, 4) is 22.9 Å².